The molecule has 170 valence electrons. The lowest BCUT2D eigenvalue weighted by Gasteiger charge is -2.13. The molecule has 0 aliphatic carbocycles. The molecule has 1 amide bonds. The zero-order valence-corrected chi connectivity index (χ0v) is 21.2. The predicted molar refractivity (Wildman–Crippen MR) is 133 cm³/mol. The molecular weight excluding hydrogens is 531 g/mol. The molecule has 0 saturated carbocycles. The summed E-state index contributed by atoms with van der Waals surface area (Å²) in [5, 5.41) is 9.13. The summed E-state index contributed by atoms with van der Waals surface area (Å²) in [5.74, 6) is 1.12. The fourth-order valence-corrected chi connectivity index (χ4v) is 3.80. The molecule has 10 heteroatoms. The molecule has 0 aromatic heterocycles. The number of carbonyl (C=O) groups excluding carboxylic acids is 1. The van der Waals surface area contributed by atoms with Gasteiger partial charge in [-0.15, -0.1) is 24.0 Å². The number of methoxy groups -OCH3 is 1. The van der Waals surface area contributed by atoms with Crippen LogP contribution in [0.2, 0.25) is 0 Å². The van der Waals surface area contributed by atoms with E-state index in [1.807, 2.05) is 6.07 Å². The van der Waals surface area contributed by atoms with Gasteiger partial charge in [0, 0.05) is 38.5 Å². The molecule has 0 atom stereocenters. The Labute approximate surface area is 200 Å². The Bertz CT molecular complexity index is 1010. The van der Waals surface area contributed by atoms with E-state index in [1.54, 1.807) is 57.5 Å². The van der Waals surface area contributed by atoms with Gasteiger partial charge in [-0.25, -0.2) is 8.42 Å². The highest BCUT2D eigenvalue weighted by Gasteiger charge is 2.11. The number of carbonyl (C=O) groups is 1. The van der Waals surface area contributed by atoms with E-state index in [-0.39, 0.29) is 29.9 Å². The Morgan fingerprint density at radius 3 is 2.23 bits per heavy atom. The molecule has 2 aromatic carbocycles. The molecule has 2 rings (SSSR count). The molecule has 3 N–H and O–H groups in total. The van der Waals surface area contributed by atoms with Crippen LogP contribution in [0, 0.1) is 6.92 Å². The Balaban J connectivity index is 0.00000480. The Morgan fingerprint density at radius 2 is 1.68 bits per heavy atom. The van der Waals surface area contributed by atoms with Gasteiger partial charge in [0.25, 0.3) is 5.91 Å². The number of aliphatic imine (C=N–C) groups is 1. The highest BCUT2D eigenvalue weighted by Crippen LogP contribution is 2.16. The number of guanidine groups is 1. The van der Waals surface area contributed by atoms with Gasteiger partial charge in [-0.3, -0.25) is 9.79 Å². The van der Waals surface area contributed by atoms with Gasteiger partial charge in [0.2, 0.25) is 0 Å². The number of benzene rings is 2. The lowest BCUT2D eigenvalue weighted by Crippen LogP contribution is -2.41. The van der Waals surface area contributed by atoms with Gasteiger partial charge in [-0.05, 0) is 48.4 Å². The topological polar surface area (TPSA) is 109 Å². The van der Waals surface area contributed by atoms with Crippen LogP contribution < -0.4 is 20.7 Å². The number of amides is 1. The summed E-state index contributed by atoms with van der Waals surface area (Å²) in [6.45, 7) is 3.18. The normalized spacial score (nSPS) is 11.3. The molecule has 8 nitrogen and oxygen atoms in total. The van der Waals surface area contributed by atoms with Crippen LogP contribution in [0.4, 0.5) is 0 Å². The maximum Gasteiger partial charge on any atom is 0.251 e. The van der Waals surface area contributed by atoms with Crippen LogP contribution in [0.25, 0.3) is 0 Å². The van der Waals surface area contributed by atoms with E-state index >= 15 is 0 Å². The predicted octanol–water partition coefficient (Wildman–Crippen LogP) is 2.12. The first-order chi connectivity index (χ1) is 14.2. The molecule has 0 saturated heterocycles. The van der Waals surface area contributed by atoms with Gasteiger partial charge < -0.3 is 20.7 Å². The molecule has 0 aliphatic rings. The quantitative estimate of drug-likeness (QED) is 0.198. The number of ether oxygens (including phenoxy) is 1. The second-order valence-electron chi connectivity index (χ2n) is 6.71. The number of nitrogens with one attached hydrogen (secondary N) is 3. The van der Waals surface area contributed by atoms with E-state index in [0.29, 0.717) is 47.4 Å². The van der Waals surface area contributed by atoms with Gasteiger partial charge in [0.05, 0.1) is 12.0 Å². The Hall–Kier alpha value is -2.34. The fraction of sp³-hybridized carbons (Fsp3) is 0.333. The minimum absolute atomic E-state index is 0. The van der Waals surface area contributed by atoms with Crippen molar-refractivity contribution in [3.8, 4) is 5.75 Å². The summed E-state index contributed by atoms with van der Waals surface area (Å²) in [5.41, 5.74) is 2.21. The second kappa shape index (κ2) is 12.5. The van der Waals surface area contributed by atoms with Crippen LogP contribution in [0.3, 0.4) is 0 Å². The molecule has 0 radical (unpaired) electrons. The van der Waals surface area contributed by atoms with Crippen molar-refractivity contribution in [2.75, 3.05) is 33.5 Å². The molecule has 0 spiro atoms. The van der Waals surface area contributed by atoms with Crippen LogP contribution in [0.15, 0.2) is 52.4 Å². The zero-order chi connectivity index (χ0) is 22.1. The maximum absolute atomic E-state index is 12.1. The maximum atomic E-state index is 12.1. The monoisotopic (exact) mass is 560 g/mol. The van der Waals surface area contributed by atoms with E-state index in [0.717, 1.165) is 5.56 Å². The first kappa shape index (κ1) is 26.7. The lowest BCUT2D eigenvalue weighted by atomic mass is 10.1. The third-order valence-electron chi connectivity index (χ3n) is 4.38. The molecule has 2 aromatic rings. The first-order valence-corrected chi connectivity index (χ1v) is 11.3. The van der Waals surface area contributed by atoms with Crippen molar-refractivity contribution in [1.82, 2.24) is 16.0 Å². The van der Waals surface area contributed by atoms with Crippen LogP contribution in [-0.2, 0) is 16.4 Å². The smallest absolute Gasteiger partial charge is 0.251 e. The number of sulfone groups is 1. The molecule has 31 heavy (non-hydrogen) atoms. The van der Waals surface area contributed by atoms with Crippen LogP contribution in [0.1, 0.15) is 21.5 Å². The van der Waals surface area contributed by atoms with Gasteiger partial charge in [-0.2, -0.15) is 0 Å². The van der Waals surface area contributed by atoms with E-state index in [9.17, 15) is 13.2 Å². The number of hydrogen-bond acceptors (Lipinski definition) is 5. The SMILES string of the molecule is CN=C(NCCNC(=O)c1ccc(OC)cc1)NCc1ccc(S(C)(=O)=O)c(C)c1.I. The highest BCUT2D eigenvalue weighted by atomic mass is 127. The fourth-order valence-electron chi connectivity index (χ4n) is 2.85. The van der Waals surface area contributed by atoms with Crippen molar-refractivity contribution in [1.29, 1.82) is 0 Å². The van der Waals surface area contributed by atoms with Gasteiger partial charge in [-0.1, -0.05) is 12.1 Å². The highest BCUT2D eigenvalue weighted by molar-refractivity contribution is 14.0. The van der Waals surface area contributed by atoms with Gasteiger partial charge in [0.1, 0.15) is 5.75 Å². The summed E-state index contributed by atoms with van der Waals surface area (Å²) >= 11 is 0. The van der Waals surface area contributed by atoms with E-state index in [2.05, 4.69) is 20.9 Å². The number of halogens is 1. The molecule has 0 heterocycles. The number of rotatable bonds is 8. The first-order valence-electron chi connectivity index (χ1n) is 9.41. The summed E-state index contributed by atoms with van der Waals surface area (Å²) in [6.07, 6.45) is 1.20. The molecule has 0 unspecified atom stereocenters. The average Bonchev–Trinajstić information content (AvgIpc) is 2.72. The Morgan fingerprint density at radius 1 is 1.03 bits per heavy atom. The van der Waals surface area contributed by atoms with Crippen LogP contribution in [-0.4, -0.2) is 53.8 Å². The third kappa shape index (κ3) is 8.37. The van der Waals surface area contributed by atoms with Crippen molar-refractivity contribution >= 4 is 45.7 Å². The molecular formula is C21H29IN4O4S. The number of aryl methyl sites for hydroxylation is 1. The zero-order valence-electron chi connectivity index (χ0n) is 18.1. The van der Waals surface area contributed by atoms with E-state index < -0.39 is 9.84 Å². The number of hydrogen-bond donors (Lipinski definition) is 3. The molecule has 0 fully saturated rings. The summed E-state index contributed by atoms with van der Waals surface area (Å²) in [7, 11) is 0.00377. The summed E-state index contributed by atoms with van der Waals surface area (Å²) in [4.78, 5) is 16.6. The van der Waals surface area contributed by atoms with Crippen LogP contribution >= 0.6 is 24.0 Å². The van der Waals surface area contributed by atoms with Gasteiger partial charge >= 0.3 is 0 Å². The average molecular weight is 560 g/mol. The van der Waals surface area contributed by atoms with Gasteiger partial charge in [0.15, 0.2) is 15.8 Å². The number of nitrogens with zero attached hydrogens (tertiary/aromatic N) is 1. The second-order valence-corrected chi connectivity index (χ2v) is 8.69. The minimum atomic E-state index is -3.23. The summed E-state index contributed by atoms with van der Waals surface area (Å²) in [6, 6.07) is 12.1. The molecule has 0 aliphatic heterocycles. The van der Waals surface area contributed by atoms with Crippen molar-refractivity contribution in [3.05, 3.63) is 59.2 Å². The third-order valence-corrected chi connectivity index (χ3v) is 5.63. The molecule has 0 bridgehead atoms. The Kier molecular flexibility index (Phi) is 10.8. The summed E-state index contributed by atoms with van der Waals surface area (Å²) < 4.78 is 28.5. The lowest BCUT2D eigenvalue weighted by molar-refractivity contribution is 0.0954. The van der Waals surface area contributed by atoms with Crippen molar-refractivity contribution in [2.24, 2.45) is 4.99 Å². The van der Waals surface area contributed by atoms with E-state index in [4.69, 9.17) is 4.74 Å². The van der Waals surface area contributed by atoms with Crippen molar-refractivity contribution in [3.63, 3.8) is 0 Å². The van der Waals surface area contributed by atoms with E-state index in [1.165, 1.54) is 6.26 Å². The van der Waals surface area contributed by atoms with Crippen molar-refractivity contribution in [2.45, 2.75) is 18.4 Å². The van der Waals surface area contributed by atoms with Crippen molar-refractivity contribution < 1.29 is 17.9 Å². The largest absolute Gasteiger partial charge is 0.497 e. The standard InChI is InChI=1S/C21H28N4O4S.HI/c1-15-13-16(5-10-19(15)30(4,27)28)14-25-21(22-2)24-12-11-23-20(26)17-6-8-18(29-3)9-7-17;/h5-10,13H,11-12,14H2,1-4H3,(H,23,26)(H2,22,24,25);1H. The minimum Gasteiger partial charge on any atom is -0.497 e. The van der Waals surface area contributed by atoms with Crippen LogP contribution in [0.5, 0.6) is 5.75 Å².